The van der Waals surface area contributed by atoms with Crippen LogP contribution in [0.15, 0.2) is 57.9 Å². The Bertz CT molecular complexity index is 1600. The maximum atomic E-state index is 12.8. The fraction of sp³-hybridized carbons (Fsp3) is 0.345. The lowest BCUT2D eigenvalue weighted by Gasteiger charge is -2.33. The average Bonchev–Trinajstić information content (AvgIpc) is 3.63. The van der Waals surface area contributed by atoms with Gasteiger partial charge in [-0.05, 0) is 71.2 Å². The lowest BCUT2D eigenvalue weighted by atomic mass is 10.1. The topological polar surface area (TPSA) is 81.9 Å². The van der Waals surface area contributed by atoms with Gasteiger partial charge in [0.1, 0.15) is 5.56 Å². The van der Waals surface area contributed by atoms with Gasteiger partial charge in [-0.1, -0.05) is 24.3 Å². The first-order chi connectivity index (χ1) is 18.9. The normalized spacial score (nSPS) is 16.4. The summed E-state index contributed by atoms with van der Waals surface area (Å²) in [5, 5.41) is 10.7. The second-order valence-corrected chi connectivity index (χ2v) is 11.9. The van der Waals surface area contributed by atoms with Crippen molar-refractivity contribution in [3.8, 4) is 16.9 Å². The average molecular weight is 609 g/mol. The van der Waals surface area contributed by atoms with E-state index in [1.54, 1.807) is 15.9 Å². The van der Waals surface area contributed by atoms with Crippen LogP contribution < -0.4 is 15.2 Å². The third kappa shape index (κ3) is 5.08. The number of nitrogens with zero attached hydrogens (tertiary/aromatic N) is 5. The highest BCUT2D eigenvalue weighted by molar-refractivity contribution is 9.10. The molecule has 0 radical (unpaired) electrons. The summed E-state index contributed by atoms with van der Waals surface area (Å²) >= 11 is 5.38. The van der Waals surface area contributed by atoms with Gasteiger partial charge in [-0.25, -0.2) is 9.78 Å². The molecule has 0 atom stereocenters. The number of hydrogen-bond acceptors (Lipinski definition) is 7. The maximum absolute atomic E-state index is 12.8. The molecule has 2 aliphatic heterocycles. The van der Waals surface area contributed by atoms with E-state index in [4.69, 9.17) is 4.98 Å². The summed E-state index contributed by atoms with van der Waals surface area (Å²) in [6, 6.07) is 13.5. The third-order valence-corrected chi connectivity index (χ3v) is 9.41. The molecule has 2 aliphatic rings. The van der Waals surface area contributed by atoms with Crippen LogP contribution in [0.25, 0.3) is 27.2 Å². The lowest BCUT2D eigenvalue weighted by molar-refractivity contribution is 0.0695. The van der Waals surface area contributed by atoms with E-state index in [2.05, 4.69) is 43.6 Å². The van der Waals surface area contributed by atoms with Crippen LogP contribution in [0.2, 0.25) is 0 Å². The summed E-state index contributed by atoms with van der Waals surface area (Å²) in [7, 11) is 0. The van der Waals surface area contributed by atoms with Crippen LogP contribution in [0, 0.1) is 0 Å². The Morgan fingerprint density at radius 3 is 2.46 bits per heavy atom. The number of aromatic nitrogens is 2. The van der Waals surface area contributed by atoms with Crippen molar-refractivity contribution in [3.63, 3.8) is 0 Å². The first-order valence-electron chi connectivity index (χ1n) is 13.3. The molecule has 1 N–H and O–H groups in total. The van der Waals surface area contributed by atoms with Gasteiger partial charge >= 0.3 is 5.97 Å². The van der Waals surface area contributed by atoms with Crippen LogP contribution in [0.4, 0.5) is 10.8 Å². The molecule has 4 heterocycles. The molecule has 2 aromatic heterocycles. The highest BCUT2D eigenvalue weighted by Gasteiger charge is 2.21. The van der Waals surface area contributed by atoms with E-state index in [0.717, 1.165) is 82.6 Å². The molecular formula is C29H30BrN5O3S. The van der Waals surface area contributed by atoms with Gasteiger partial charge in [0.25, 0.3) is 0 Å². The van der Waals surface area contributed by atoms with Crippen LogP contribution in [0.5, 0.6) is 0 Å². The van der Waals surface area contributed by atoms with Crippen molar-refractivity contribution in [2.24, 2.45) is 0 Å². The number of likely N-dealkylation sites (N-methyl/N-ethyl adjacent to an activating group) is 1. The quantitative estimate of drug-likeness (QED) is 0.318. The lowest BCUT2D eigenvalue weighted by Crippen LogP contribution is -2.46. The number of piperazine rings is 1. The van der Waals surface area contributed by atoms with Gasteiger partial charge < -0.3 is 24.4 Å². The molecule has 10 heteroatoms. The number of thiazole rings is 1. The number of carbonyl (C=O) groups is 1. The molecule has 4 aromatic rings. The molecule has 8 nitrogen and oxygen atoms in total. The van der Waals surface area contributed by atoms with Gasteiger partial charge in [-0.3, -0.25) is 4.79 Å². The Labute approximate surface area is 239 Å². The monoisotopic (exact) mass is 607 g/mol. The van der Waals surface area contributed by atoms with E-state index >= 15 is 0 Å². The standard InChI is InChI=1S/C29H30BrN5O3S/c1-2-32-11-13-34(14-12-32)29-31-23-7-6-20(16-27(23)39-29)35-18-21(28(37)38)26(36)17-25(35)19-5-8-24(22(30)15-19)33-9-3-4-10-33/h5-8,15-18H,2-4,9-14H2,1H3,(H,37,38). The number of anilines is 2. The number of halogens is 1. The van der Waals surface area contributed by atoms with Gasteiger partial charge in [0, 0.05) is 61.7 Å². The first kappa shape index (κ1) is 26.0. The highest BCUT2D eigenvalue weighted by Crippen LogP contribution is 2.35. The van der Waals surface area contributed by atoms with E-state index in [1.807, 2.05) is 30.3 Å². The number of hydrogen-bond donors (Lipinski definition) is 1. The van der Waals surface area contributed by atoms with Gasteiger partial charge in [0.05, 0.1) is 21.6 Å². The molecule has 2 fully saturated rings. The van der Waals surface area contributed by atoms with Crippen molar-refractivity contribution in [3.05, 3.63) is 68.9 Å². The van der Waals surface area contributed by atoms with Gasteiger partial charge in [-0.15, -0.1) is 0 Å². The maximum Gasteiger partial charge on any atom is 0.341 e. The number of fused-ring (bicyclic) bond motifs is 1. The summed E-state index contributed by atoms with van der Waals surface area (Å²) in [4.78, 5) is 36.7. The minimum atomic E-state index is -1.24. The Kier molecular flexibility index (Phi) is 7.18. The minimum absolute atomic E-state index is 0.259. The molecule has 0 unspecified atom stereocenters. The van der Waals surface area contributed by atoms with Crippen molar-refractivity contribution >= 4 is 54.3 Å². The Balaban J connectivity index is 1.41. The molecule has 202 valence electrons. The van der Waals surface area contributed by atoms with Crippen molar-refractivity contribution in [2.75, 3.05) is 55.6 Å². The molecule has 39 heavy (non-hydrogen) atoms. The number of carboxylic acid groups (broad SMARTS) is 1. The van der Waals surface area contributed by atoms with Crippen LogP contribution in [0.1, 0.15) is 30.1 Å². The smallest absolute Gasteiger partial charge is 0.341 e. The second-order valence-electron chi connectivity index (χ2n) is 10.0. The van der Waals surface area contributed by atoms with E-state index in [0.29, 0.717) is 5.69 Å². The minimum Gasteiger partial charge on any atom is -0.477 e. The molecule has 6 rings (SSSR count). The van der Waals surface area contributed by atoms with E-state index < -0.39 is 11.4 Å². The van der Waals surface area contributed by atoms with Crippen LogP contribution >= 0.6 is 27.3 Å². The molecule has 2 aromatic carbocycles. The van der Waals surface area contributed by atoms with E-state index in [9.17, 15) is 14.7 Å². The first-order valence-corrected chi connectivity index (χ1v) is 15.0. The zero-order valence-corrected chi connectivity index (χ0v) is 24.2. The molecular weight excluding hydrogens is 578 g/mol. The molecule has 0 bridgehead atoms. The van der Waals surface area contributed by atoms with Gasteiger partial charge in [0.15, 0.2) is 10.6 Å². The summed E-state index contributed by atoms with van der Waals surface area (Å²) in [6.07, 6.45) is 3.80. The van der Waals surface area contributed by atoms with Crippen LogP contribution in [-0.2, 0) is 0 Å². The van der Waals surface area contributed by atoms with E-state index in [-0.39, 0.29) is 5.56 Å². The fourth-order valence-corrected chi connectivity index (χ4v) is 7.13. The summed E-state index contributed by atoms with van der Waals surface area (Å²) in [6.45, 7) is 9.28. The SMILES string of the molecule is CCN1CCN(c2nc3ccc(-n4cc(C(=O)O)c(=O)cc4-c4ccc(N5CCCC5)c(Br)c4)cc3s2)CC1. The van der Waals surface area contributed by atoms with Crippen molar-refractivity contribution < 1.29 is 9.90 Å². The Morgan fingerprint density at radius 1 is 1.00 bits per heavy atom. The second kappa shape index (κ2) is 10.7. The van der Waals surface area contributed by atoms with Crippen LogP contribution in [0.3, 0.4) is 0 Å². The third-order valence-electron chi connectivity index (χ3n) is 7.70. The number of aromatic carboxylic acids is 1. The molecule has 0 aliphatic carbocycles. The van der Waals surface area contributed by atoms with Crippen molar-refractivity contribution in [1.82, 2.24) is 14.5 Å². The molecule has 2 saturated heterocycles. The molecule has 0 amide bonds. The summed E-state index contributed by atoms with van der Waals surface area (Å²) in [5.74, 6) is -1.24. The summed E-state index contributed by atoms with van der Waals surface area (Å²) in [5.41, 5.74) is 3.52. The van der Waals surface area contributed by atoms with Gasteiger partial charge in [-0.2, -0.15) is 0 Å². The Morgan fingerprint density at radius 2 is 1.77 bits per heavy atom. The zero-order valence-electron chi connectivity index (χ0n) is 21.8. The van der Waals surface area contributed by atoms with Gasteiger partial charge in [0.2, 0.25) is 0 Å². The summed E-state index contributed by atoms with van der Waals surface area (Å²) < 4.78 is 3.78. The number of carboxylic acids is 1. The van der Waals surface area contributed by atoms with Crippen molar-refractivity contribution in [2.45, 2.75) is 19.8 Å². The van der Waals surface area contributed by atoms with Crippen LogP contribution in [-0.4, -0.2) is 71.3 Å². The number of benzene rings is 2. The zero-order chi connectivity index (χ0) is 27.1. The predicted molar refractivity (Wildman–Crippen MR) is 161 cm³/mol. The van der Waals surface area contributed by atoms with Crippen molar-refractivity contribution in [1.29, 1.82) is 0 Å². The molecule has 0 spiro atoms. The number of rotatable bonds is 6. The number of pyridine rings is 1. The highest BCUT2D eigenvalue weighted by atomic mass is 79.9. The largest absolute Gasteiger partial charge is 0.477 e. The molecule has 0 saturated carbocycles. The fourth-order valence-electron chi connectivity index (χ4n) is 5.45. The Hall–Kier alpha value is -3.21. The van der Waals surface area contributed by atoms with E-state index in [1.165, 1.54) is 25.1 Å². The predicted octanol–water partition coefficient (Wildman–Crippen LogP) is 5.32.